The van der Waals surface area contributed by atoms with Gasteiger partial charge in [-0.25, -0.2) is 13.1 Å². The first-order chi connectivity index (χ1) is 8.90. The fraction of sp³-hybridized carbons (Fsp3) is 0.500. The maximum Gasteiger partial charge on any atom is 0.240 e. The molecule has 1 atom stereocenters. The Kier molecular flexibility index (Phi) is 6.56. The standard InChI is InChI=1S/C12H17Cl2NO3S/c1-2-9(5-6-16)8-15-19(17,18)10-3-4-11(13)12(14)7-10/h3-4,7,9,15-16H,2,5-6,8H2,1H3. The second-order valence-corrected chi connectivity index (χ2v) is 6.80. The van der Waals surface area contributed by atoms with Crippen LogP contribution in [0.4, 0.5) is 0 Å². The summed E-state index contributed by atoms with van der Waals surface area (Å²) in [6.45, 7) is 2.29. The molecule has 0 radical (unpaired) electrons. The minimum atomic E-state index is -3.60. The fourth-order valence-electron chi connectivity index (χ4n) is 1.59. The average molecular weight is 326 g/mol. The molecule has 0 aliphatic carbocycles. The summed E-state index contributed by atoms with van der Waals surface area (Å²) in [5.41, 5.74) is 0. The first-order valence-electron chi connectivity index (χ1n) is 5.96. The van der Waals surface area contributed by atoms with E-state index in [1.54, 1.807) is 0 Å². The Hall–Kier alpha value is -0.330. The van der Waals surface area contributed by atoms with Crippen LogP contribution in [0.5, 0.6) is 0 Å². The minimum Gasteiger partial charge on any atom is -0.396 e. The van der Waals surface area contributed by atoms with E-state index in [1.165, 1.54) is 18.2 Å². The monoisotopic (exact) mass is 325 g/mol. The molecule has 108 valence electrons. The Morgan fingerprint density at radius 1 is 1.32 bits per heavy atom. The summed E-state index contributed by atoms with van der Waals surface area (Å²) in [5.74, 6) is 0.113. The lowest BCUT2D eigenvalue weighted by Gasteiger charge is -2.14. The summed E-state index contributed by atoms with van der Waals surface area (Å²) >= 11 is 11.5. The van der Waals surface area contributed by atoms with Gasteiger partial charge in [0.15, 0.2) is 0 Å². The van der Waals surface area contributed by atoms with Gasteiger partial charge in [0.1, 0.15) is 0 Å². The second-order valence-electron chi connectivity index (χ2n) is 4.21. The first kappa shape index (κ1) is 16.7. The Morgan fingerprint density at radius 2 is 2.00 bits per heavy atom. The number of rotatable bonds is 7. The zero-order chi connectivity index (χ0) is 14.5. The van der Waals surface area contributed by atoms with Crippen LogP contribution in [0, 0.1) is 5.92 Å². The quantitative estimate of drug-likeness (QED) is 0.809. The molecule has 0 amide bonds. The van der Waals surface area contributed by atoms with E-state index in [-0.39, 0.29) is 22.4 Å². The maximum absolute atomic E-state index is 12.0. The van der Waals surface area contributed by atoms with Gasteiger partial charge in [-0.15, -0.1) is 0 Å². The molecule has 0 saturated heterocycles. The summed E-state index contributed by atoms with van der Waals surface area (Å²) in [4.78, 5) is 0.0840. The highest BCUT2D eigenvalue weighted by molar-refractivity contribution is 7.89. The highest BCUT2D eigenvalue weighted by Gasteiger charge is 2.17. The van der Waals surface area contributed by atoms with Crippen LogP contribution in [0.3, 0.4) is 0 Å². The van der Waals surface area contributed by atoms with Crippen molar-refractivity contribution in [2.24, 2.45) is 5.92 Å². The Morgan fingerprint density at radius 3 is 2.53 bits per heavy atom. The SMILES string of the molecule is CCC(CCO)CNS(=O)(=O)c1ccc(Cl)c(Cl)c1. The van der Waals surface area contributed by atoms with Gasteiger partial charge in [0.2, 0.25) is 10.0 Å². The smallest absolute Gasteiger partial charge is 0.240 e. The Labute approximate surface area is 123 Å². The largest absolute Gasteiger partial charge is 0.396 e. The van der Waals surface area contributed by atoms with E-state index in [4.69, 9.17) is 28.3 Å². The van der Waals surface area contributed by atoms with Crippen molar-refractivity contribution in [1.29, 1.82) is 0 Å². The number of aliphatic hydroxyl groups is 1. The van der Waals surface area contributed by atoms with Crippen molar-refractivity contribution >= 4 is 33.2 Å². The molecule has 7 heteroatoms. The molecular weight excluding hydrogens is 309 g/mol. The van der Waals surface area contributed by atoms with Crippen molar-refractivity contribution < 1.29 is 13.5 Å². The molecule has 0 spiro atoms. The fourth-order valence-corrected chi connectivity index (χ4v) is 3.09. The van der Waals surface area contributed by atoms with Crippen molar-refractivity contribution in [1.82, 2.24) is 4.72 Å². The molecule has 0 heterocycles. The molecule has 1 rings (SSSR count). The summed E-state index contributed by atoms with van der Waals surface area (Å²) in [7, 11) is -3.60. The van der Waals surface area contributed by atoms with E-state index >= 15 is 0 Å². The lowest BCUT2D eigenvalue weighted by atomic mass is 10.0. The zero-order valence-corrected chi connectivity index (χ0v) is 12.9. The molecule has 1 unspecified atom stereocenters. The predicted molar refractivity (Wildman–Crippen MR) is 77.1 cm³/mol. The van der Waals surface area contributed by atoms with E-state index in [9.17, 15) is 8.42 Å². The molecule has 0 saturated carbocycles. The summed E-state index contributed by atoms with van der Waals surface area (Å²) in [6.07, 6.45) is 1.37. The van der Waals surface area contributed by atoms with Crippen molar-refractivity contribution in [2.45, 2.75) is 24.7 Å². The molecule has 4 nitrogen and oxygen atoms in total. The van der Waals surface area contributed by atoms with Gasteiger partial charge >= 0.3 is 0 Å². The van der Waals surface area contributed by atoms with Crippen LogP contribution in [0.2, 0.25) is 10.0 Å². The van der Waals surface area contributed by atoms with Crippen molar-refractivity contribution in [3.63, 3.8) is 0 Å². The van der Waals surface area contributed by atoms with Crippen LogP contribution in [-0.4, -0.2) is 26.7 Å². The molecule has 2 N–H and O–H groups in total. The molecular formula is C12H17Cl2NO3S. The van der Waals surface area contributed by atoms with Crippen molar-refractivity contribution in [3.05, 3.63) is 28.2 Å². The second kappa shape index (κ2) is 7.45. The van der Waals surface area contributed by atoms with Gasteiger partial charge in [-0.3, -0.25) is 0 Å². The third-order valence-corrected chi connectivity index (χ3v) is 5.04. The molecule has 19 heavy (non-hydrogen) atoms. The molecule has 1 aromatic carbocycles. The van der Waals surface area contributed by atoms with Gasteiger partial charge in [-0.05, 0) is 30.5 Å². The van der Waals surface area contributed by atoms with E-state index in [0.29, 0.717) is 18.0 Å². The predicted octanol–water partition coefficient (Wildman–Crippen LogP) is 2.68. The Balaban J connectivity index is 2.78. The van der Waals surface area contributed by atoms with Crippen LogP contribution < -0.4 is 4.72 Å². The third kappa shape index (κ3) is 4.93. The average Bonchev–Trinajstić information content (AvgIpc) is 2.37. The number of benzene rings is 1. The number of halogens is 2. The van der Waals surface area contributed by atoms with Gasteiger partial charge < -0.3 is 5.11 Å². The number of nitrogens with one attached hydrogen (secondary N) is 1. The number of sulfonamides is 1. The summed E-state index contributed by atoms with van der Waals surface area (Å²) in [6, 6.07) is 4.17. The van der Waals surface area contributed by atoms with Gasteiger partial charge in [0.25, 0.3) is 0 Å². The molecule has 0 fully saturated rings. The highest BCUT2D eigenvalue weighted by atomic mass is 35.5. The van der Waals surface area contributed by atoms with Crippen LogP contribution in [0.25, 0.3) is 0 Å². The normalized spacial score (nSPS) is 13.5. The van der Waals surface area contributed by atoms with Gasteiger partial charge in [-0.1, -0.05) is 36.5 Å². The van der Waals surface area contributed by atoms with Crippen molar-refractivity contribution in [3.8, 4) is 0 Å². The van der Waals surface area contributed by atoms with Crippen LogP contribution >= 0.6 is 23.2 Å². The van der Waals surface area contributed by atoms with Crippen LogP contribution in [0.15, 0.2) is 23.1 Å². The molecule has 0 bridgehead atoms. The summed E-state index contributed by atoms with van der Waals surface area (Å²) in [5, 5.41) is 9.39. The summed E-state index contributed by atoms with van der Waals surface area (Å²) < 4.78 is 26.6. The topological polar surface area (TPSA) is 66.4 Å². The van der Waals surface area contributed by atoms with Crippen molar-refractivity contribution in [2.75, 3.05) is 13.2 Å². The van der Waals surface area contributed by atoms with E-state index in [2.05, 4.69) is 4.72 Å². The van der Waals surface area contributed by atoms with Gasteiger partial charge in [0, 0.05) is 13.2 Å². The third-order valence-electron chi connectivity index (χ3n) is 2.88. The molecule has 1 aromatic rings. The zero-order valence-electron chi connectivity index (χ0n) is 10.6. The maximum atomic E-state index is 12.0. The number of hydrogen-bond acceptors (Lipinski definition) is 3. The van der Waals surface area contributed by atoms with E-state index in [1.807, 2.05) is 6.92 Å². The van der Waals surface area contributed by atoms with Crippen LogP contribution in [0.1, 0.15) is 19.8 Å². The molecule has 0 aromatic heterocycles. The minimum absolute atomic E-state index is 0.0486. The van der Waals surface area contributed by atoms with E-state index < -0.39 is 10.0 Å². The van der Waals surface area contributed by atoms with E-state index in [0.717, 1.165) is 6.42 Å². The number of hydrogen-bond donors (Lipinski definition) is 2. The highest BCUT2D eigenvalue weighted by Crippen LogP contribution is 2.24. The number of aliphatic hydroxyl groups excluding tert-OH is 1. The van der Waals surface area contributed by atoms with Crippen LogP contribution in [-0.2, 0) is 10.0 Å². The Bertz CT molecular complexity index is 520. The molecule has 0 aliphatic heterocycles. The lowest BCUT2D eigenvalue weighted by molar-refractivity contribution is 0.254. The van der Waals surface area contributed by atoms with Gasteiger partial charge in [-0.2, -0.15) is 0 Å². The first-order valence-corrected chi connectivity index (χ1v) is 8.20. The lowest BCUT2D eigenvalue weighted by Crippen LogP contribution is -2.29. The molecule has 0 aliphatic rings. The van der Waals surface area contributed by atoms with Gasteiger partial charge in [0.05, 0.1) is 14.9 Å².